The summed E-state index contributed by atoms with van der Waals surface area (Å²) >= 11 is 1.56. The van der Waals surface area contributed by atoms with E-state index in [4.69, 9.17) is 24.7 Å². The molecule has 1 aliphatic heterocycles. The topological polar surface area (TPSA) is 89.2 Å². The van der Waals surface area contributed by atoms with Crippen molar-refractivity contribution in [2.24, 2.45) is 0 Å². The fourth-order valence-electron chi connectivity index (χ4n) is 4.52. The third-order valence-corrected chi connectivity index (χ3v) is 7.44. The van der Waals surface area contributed by atoms with Crippen LogP contribution in [0.3, 0.4) is 0 Å². The smallest absolute Gasteiger partial charge is 0.335 e. The molecule has 9 heteroatoms. The van der Waals surface area contributed by atoms with Crippen LogP contribution in [-0.4, -0.2) is 65.2 Å². The Bertz CT molecular complexity index is 1280. The standard InChI is InChI=1S/C27H30N4O4S/c1-34-16-4-5-17-35-21-12-14-30(15-13-21)24-7-3-2-6-22(24)25-29-31-18-23(28-27(31)36-25)19-8-10-20(11-9-19)26(32)33/h2-3,6-11,18,21H,4-5,12-17H2,1H3,(H,32,33). The van der Waals surface area contributed by atoms with Crippen LogP contribution in [0.2, 0.25) is 0 Å². The van der Waals surface area contributed by atoms with Gasteiger partial charge in [0, 0.05) is 50.2 Å². The molecule has 36 heavy (non-hydrogen) atoms. The maximum Gasteiger partial charge on any atom is 0.335 e. The fraction of sp³-hybridized carbons (Fsp3) is 0.370. The Morgan fingerprint density at radius 2 is 1.83 bits per heavy atom. The largest absolute Gasteiger partial charge is 0.478 e. The lowest BCUT2D eigenvalue weighted by Gasteiger charge is -2.34. The van der Waals surface area contributed by atoms with Crippen molar-refractivity contribution in [2.75, 3.05) is 38.3 Å². The summed E-state index contributed by atoms with van der Waals surface area (Å²) in [4.78, 5) is 19.1. The zero-order valence-electron chi connectivity index (χ0n) is 20.3. The van der Waals surface area contributed by atoms with Crippen molar-refractivity contribution in [1.82, 2.24) is 14.6 Å². The molecule has 0 unspecified atom stereocenters. The number of rotatable bonds is 10. The average Bonchev–Trinajstić information content (AvgIpc) is 3.49. The number of fused-ring (bicyclic) bond motifs is 1. The van der Waals surface area contributed by atoms with E-state index in [0.29, 0.717) is 6.10 Å². The molecular weight excluding hydrogens is 476 g/mol. The highest BCUT2D eigenvalue weighted by Gasteiger charge is 2.23. The molecular formula is C27H30N4O4S. The van der Waals surface area contributed by atoms with Crippen LogP contribution in [0.5, 0.6) is 0 Å². The first-order valence-corrected chi connectivity index (χ1v) is 13.1. The van der Waals surface area contributed by atoms with Gasteiger partial charge in [0.1, 0.15) is 5.01 Å². The fourth-order valence-corrected chi connectivity index (χ4v) is 5.44. The molecule has 1 N–H and O–H groups in total. The van der Waals surface area contributed by atoms with Crippen molar-refractivity contribution < 1.29 is 19.4 Å². The Morgan fingerprint density at radius 1 is 1.08 bits per heavy atom. The molecule has 0 radical (unpaired) electrons. The van der Waals surface area contributed by atoms with Gasteiger partial charge >= 0.3 is 5.97 Å². The van der Waals surface area contributed by atoms with Crippen LogP contribution in [0, 0.1) is 0 Å². The lowest BCUT2D eigenvalue weighted by molar-refractivity contribution is 0.0322. The molecule has 1 aliphatic rings. The van der Waals surface area contributed by atoms with E-state index in [1.165, 1.54) is 5.69 Å². The Balaban J connectivity index is 1.27. The second kappa shape index (κ2) is 11.2. The number of aromatic nitrogens is 3. The third kappa shape index (κ3) is 5.43. The van der Waals surface area contributed by atoms with Gasteiger partial charge in [-0.3, -0.25) is 0 Å². The predicted molar refractivity (Wildman–Crippen MR) is 141 cm³/mol. The van der Waals surface area contributed by atoms with Crippen LogP contribution in [0.25, 0.3) is 26.8 Å². The first-order chi connectivity index (χ1) is 17.6. The first kappa shape index (κ1) is 24.4. The zero-order valence-corrected chi connectivity index (χ0v) is 21.1. The first-order valence-electron chi connectivity index (χ1n) is 12.3. The molecule has 0 aliphatic carbocycles. The van der Waals surface area contributed by atoms with E-state index >= 15 is 0 Å². The summed E-state index contributed by atoms with van der Waals surface area (Å²) in [7, 11) is 1.74. The summed E-state index contributed by atoms with van der Waals surface area (Å²) in [6.07, 6.45) is 6.33. The van der Waals surface area contributed by atoms with Crippen molar-refractivity contribution in [3.8, 4) is 21.8 Å². The van der Waals surface area contributed by atoms with Gasteiger partial charge in [0.2, 0.25) is 4.96 Å². The number of piperidine rings is 1. The van der Waals surface area contributed by atoms with Gasteiger partial charge in [-0.1, -0.05) is 35.6 Å². The molecule has 1 fully saturated rings. The molecule has 188 valence electrons. The number of hydrogen-bond acceptors (Lipinski definition) is 7. The van der Waals surface area contributed by atoms with E-state index in [1.807, 2.05) is 12.3 Å². The predicted octanol–water partition coefficient (Wildman–Crippen LogP) is 5.24. The number of unbranched alkanes of at least 4 members (excludes halogenated alkanes) is 1. The second-order valence-electron chi connectivity index (χ2n) is 8.92. The summed E-state index contributed by atoms with van der Waals surface area (Å²) in [6, 6.07) is 15.2. The third-order valence-electron chi connectivity index (χ3n) is 6.48. The maximum absolute atomic E-state index is 11.1. The summed E-state index contributed by atoms with van der Waals surface area (Å²) in [6.45, 7) is 3.51. The minimum absolute atomic E-state index is 0.259. The van der Waals surface area contributed by atoms with Gasteiger partial charge in [-0.05, 0) is 49.9 Å². The summed E-state index contributed by atoms with van der Waals surface area (Å²) in [5.74, 6) is -0.938. The number of anilines is 1. The number of benzene rings is 2. The van der Waals surface area contributed by atoms with Crippen molar-refractivity contribution >= 4 is 28.0 Å². The number of methoxy groups -OCH3 is 1. The van der Waals surface area contributed by atoms with Gasteiger partial charge in [-0.2, -0.15) is 5.10 Å². The Kier molecular flexibility index (Phi) is 7.60. The second-order valence-corrected chi connectivity index (χ2v) is 9.87. The molecule has 8 nitrogen and oxygen atoms in total. The van der Waals surface area contributed by atoms with E-state index in [2.05, 4.69) is 23.1 Å². The molecule has 0 amide bonds. The molecule has 2 aromatic carbocycles. The van der Waals surface area contributed by atoms with Gasteiger partial charge in [0.05, 0.1) is 23.6 Å². The minimum Gasteiger partial charge on any atom is -0.478 e. The van der Waals surface area contributed by atoms with Crippen molar-refractivity contribution in [1.29, 1.82) is 0 Å². The SMILES string of the molecule is COCCCCOC1CCN(c2ccccc2-c2nn3cc(-c4ccc(C(=O)O)cc4)nc3s2)CC1. The monoisotopic (exact) mass is 506 g/mol. The van der Waals surface area contributed by atoms with Crippen LogP contribution in [0.1, 0.15) is 36.0 Å². The van der Waals surface area contributed by atoms with Crippen LogP contribution in [0.4, 0.5) is 5.69 Å². The molecule has 4 aromatic rings. The van der Waals surface area contributed by atoms with Gasteiger partial charge in [-0.25, -0.2) is 14.3 Å². The molecule has 0 bridgehead atoms. The number of carbonyl (C=O) groups is 1. The van der Waals surface area contributed by atoms with Crippen LogP contribution >= 0.6 is 11.3 Å². The number of nitrogens with zero attached hydrogens (tertiary/aromatic N) is 4. The summed E-state index contributed by atoms with van der Waals surface area (Å²) in [5, 5.41) is 14.9. The molecule has 1 saturated heterocycles. The van der Waals surface area contributed by atoms with E-state index in [1.54, 1.807) is 47.2 Å². The maximum atomic E-state index is 11.1. The number of carboxylic acid groups (broad SMARTS) is 1. The van der Waals surface area contributed by atoms with E-state index in [-0.39, 0.29) is 5.56 Å². The Morgan fingerprint density at radius 3 is 2.56 bits per heavy atom. The number of imidazole rings is 1. The highest BCUT2D eigenvalue weighted by molar-refractivity contribution is 7.19. The van der Waals surface area contributed by atoms with Gasteiger partial charge in [-0.15, -0.1) is 0 Å². The number of hydrogen-bond donors (Lipinski definition) is 1. The molecule has 5 rings (SSSR count). The lowest BCUT2D eigenvalue weighted by atomic mass is 10.0. The lowest BCUT2D eigenvalue weighted by Crippen LogP contribution is -2.37. The van der Waals surface area contributed by atoms with Crippen molar-refractivity contribution in [3.63, 3.8) is 0 Å². The quantitative estimate of drug-likeness (QED) is 0.294. The number of ether oxygens (including phenoxy) is 2. The highest BCUT2D eigenvalue weighted by Crippen LogP contribution is 2.36. The molecule has 0 atom stereocenters. The van der Waals surface area contributed by atoms with Crippen molar-refractivity contribution in [2.45, 2.75) is 31.8 Å². The van der Waals surface area contributed by atoms with Gasteiger partial charge in [0.15, 0.2) is 0 Å². The van der Waals surface area contributed by atoms with Gasteiger partial charge < -0.3 is 19.5 Å². The average molecular weight is 507 g/mol. The van der Waals surface area contributed by atoms with E-state index in [9.17, 15) is 4.79 Å². The number of para-hydroxylation sites is 1. The molecule has 2 aromatic heterocycles. The van der Waals surface area contributed by atoms with Crippen LogP contribution < -0.4 is 4.90 Å². The normalized spacial score (nSPS) is 14.5. The van der Waals surface area contributed by atoms with Crippen molar-refractivity contribution in [3.05, 3.63) is 60.3 Å². The van der Waals surface area contributed by atoms with Crippen LogP contribution in [-0.2, 0) is 9.47 Å². The van der Waals surface area contributed by atoms with Gasteiger partial charge in [0.25, 0.3) is 0 Å². The van der Waals surface area contributed by atoms with E-state index < -0.39 is 5.97 Å². The minimum atomic E-state index is -0.938. The number of aromatic carboxylic acids is 1. The van der Waals surface area contributed by atoms with E-state index in [0.717, 1.165) is 78.8 Å². The Hall–Kier alpha value is -3.27. The van der Waals surface area contributed by atoms with Crippen LogP contribution in [0.15, 0.2) is 54.7 Å². The zero-order chi connectivity index (χ0) is 24.9. The molecule has 0 saturated carbocycles. The summed E-state index contributed by atoms with van der Waals surface area (Å²) in [5.41, 5.74) is 4.20. The molecule has 3 heterocycles. The Labute approximate surface area is 214 Å². The highest BCUT2D eigenvalue weighted by atomic mass is 32.1. The molecule has 0 spiro atoms. The number of carboxylic acids is 1. The summed E-state index contributed by atoms with van der Waals surface area (Å²) < 4.78 is 13.0.